The second-order valence-corrected chi connectivity index (χ2v) is 8.41. The Morgan fingerprint density at radius 3 is 2.69 bits per heavy atom. The van der Waals surface area contributed by atoms with Gasteiger partial charge in [-0.1, -0.05) is 23.7 Å². The molecule has 0 atom stereocenters. The fourth-order valence-corrected chi connectivity index (χ4v) is 4.78. The smallest absolute Gasteiger partial charge is 0.341 e. The maximum atomic E-state index is 12.5. The average molecular weight is 449 g/mol. The number of thiocarbonyl (C=S) groups is 1. The number of amides is 1. The second kappa shape index (κ2) is 10.0. The van der Waals surface area contributed by atoms with Gasteiger partial charge in [-0.25, -0.2) is 4.79 Å². The van der Waals surface area contributed by atoms with E-state index in [-0.39, 0.29) is 17.0 Å². The van der Waals surface area contributed by atoms with Crippen LogP contribution >= 0.6 is 35.2 Å². The molecule has 0 unspecified atom stereocenters. The highest BCUT2D eigenvalue weighted by Crippen LogP contribution is 2.38. The van der Waals surface area contributed by atoms with Gasteiger partial charge in [0.15, 0.2) is 5.11 Å². The predicted octanol–water partition coefficient (Wildman–Crippen LogP) is 4.98. The Morgan fingerprint density at radius 1 is 1.24 bits per heavy atom. The SMILES string of the molecule is CCOC(=O)c1c(NC(=S)NC(=O)/C=C/c2ccc(Cl)cc2)sc2c1CCCC2. The number of benzene rings is 1. The van der Waals surface area contributed by atoms with Crippen molar-refractivity contribution in [2.45, 2.75) is 32.6 Å². The average Bonchev–Trinajstić information content (AvgIpc) is 3.05. The Hall–Kier alpha value is -2.22. The summed E-state index contributed by atoms with van der Waals surface area (Å²) in [7, 11) is 0. The van der Waals surface area contributed by atoms with Crippen LogP contribution in [0.2, 0.25) is 5.02 Å². The number of carbonyl (C=O) groups is 2. The molecule has 2 aromatic rings. The van der Waals surface area contributed by atoms with Gasteiger partial charge in [-0.3, -0.25) is 10.1 Å². The third kappa shape index (κ3) is 5.65. The van der Waals surface area contributed by atoms with E-state index in [9.17, 15) is 9.59 Å². The van der Waals surface area contributed by atoms with Crippen LogP contribution in [0.3, 0.4) is 0 Å². The number of halogens is 1. The number of esters is 1. The molecule has 5 nitrogen and oxygen atoms in total. The molecule has 0 fully saturated rings. The van der Waals surface area contributed by atoms with Gasteiger partial charge in [-0.2, -0.15) is 0 Å². The maximum absolute atomic E-state index is 12.5. The van der Waals surface area contributed by atoms with Crippen molar-refractivity contribution in [1.29, 1.82) is 0 Å². The number of rotatable bonds is 5. The van der Waals surface area contributed by atoms with E-state index in [1.165, 1.54) is 22.3 Å². The van der Waals surface area contributed by atoms with E-state index in [1.807, 2.05) is 12.1 Å². The largest absolute Gasteiger partial charge is 0.462 e. The minimum Gasteiger partial charge on any atom is -0.462 e. The van der Waals surface area contributed by atoms with Gasteiger partial charge in [0.05, 0.1) is 12.2 Å². The summed E-state index contributed by atoms with van der Waals surface area (Å²) in [5, 5.41) is 7.02. The first kappa shape index (κ1) is 21.5. The van der Waals surface area contributed by atoms with Crippen LogP contribution in [-0.4, -0.2) is 23.6 Å². The number of ether oxygens (including phenoxy) is 1. The Labute approximate surface area is 184 Å². The van der Waals surface area contributed by atoms with Crippen LogP contribution in [0, 0.1) is 0 Å². The zero-order valence-corrected chi connectivity index (χ0v) is 18.3. The summed E-state index contributed by atoms with van der Waals surface area (Å²) < 4.78 is 5.23. The molecule has 1 aromatic carbocycles. The summed E-state index contributed by atoms with van der Waals surface area (Å²) in [6, 6.07) is 7.12. The lowest BCUT2D eigenvalue weighted by Crippen LogP contribution is -2.33. The van der Waals surface area contributed by atoms with Crippen molar-refractivity contribution < 1.29 is 14.3 Å². The molecule has 0 bridgehead atoms. The predicted molar refractivity (Wildman–Crippen MR) is 122 cm³/mol. The van der Waals surface area contributed by atoms with Crippen LogP contribution in [0.25, 0.3) is 6.08 Å². The third-order valence-electron chi connectivity index (χ3n) is 4.41. The molecule has 0 aliphatic heterocycles. The van der Waals surface area contributed by atoms with Crippen LogP contribution in [0.4, 0.5) is 5.00 Å². The molecule has 152 valence electrons. The highest BCUT2D eigenvalue weighted by molar-refractivity contribution is 7.80. The van der Waals surface area contributed by atoms with Crippen molar-refractivity contribution in [2.24, 2.45) is 0 Å². The number of thiophene rings is 1. The van der Waals surface area contributed by atoms with E-state index in [0.29, 0.717) is 22.2 Å². The molecule has 0 spiro atoms. The summed E-state index contributed by atoms with van der Waals surface area (Å²) in [4.78, 5) is 25.8. The van der Waals surface area contributed by atoms with Crippen LogP contribution < -0.4 is 10.6 Å². The first-order chi connectivity index (χ1) is 14.0. The van der Waals surface area contributed by atoms with Crippen LogP contribution in [-0.2, 0) is 22.4 Å². The van der Waals surface area contributed by atoms with E-state index < -0.39 is 0 Å². The van der Waals surface area contributed by atoms with Crippen molar-refractivity contribution >= 4 is 63.2 Å². The number of hydrogen-bond donors (Lipinski definition) is 2. The van der Waals surface area contributed by atoms with Gasteiger partial charge in [0.2, 0.25) is 5.91 Å². The molecule has 3 rings (SSSR count). The molecule has 1 aromatic heterocycles. The number of aryl methyl sites for hydroxylation is 1. The topological polar surface area (TPSA) is 67.4 Å². The second-order valence-electron chi connectivity index (χ2n) is 6.46. The number of hydrogen-bond acceptors (Lipinski definition) is 5. The van der Waals surface area contributed by atoms with E-state index in [0.717, 1.165) is 36.8 Å². The molecule has 8 heteroatoms. The zero-order valence-electron chi connectivity index (χ0n) is 15.9. The van der Waals surface area contributed by atoms with Gasteiger partial charge in [0, 0.05) is 16.0 Å². The molecular formula is C21H21ClN2O3S2. The quantitative estimate of drug-likeness (QED) is 0.383. The van der Waals surface area contributed by atoms with Crippen molar-refractivity contribution in [3.05, 3.63) is 56.9 Å². The van der Waals surface area contributed by atoms with Gasteiger partial charge in [-0.15, -0.1) is 11.3 Å². The Balaban J connectivity index is 1.68. The lowest BCUT2D eigenvalue weighted by molar-refractivity contribution is -0.115. The lowest BCUT2D eigenvalue weighted by atomic mass is 9.95. The summed E-state index contributed by atoms with van der Waals surface area (Å²) in [5.74, 6) is -0.720. The monoisotopic (exact) mass is 448 g/mol. The molecule has 29 heavy (non-hydrogen) atoms. The van der Waals surface area contributed by atoms with Gasteiger partial charge >= 0.3 is 5.97 Å². The maximum Gasteiger partial charge on any atom is 0.341 e. The standard InChI is InChI=1S/C21H21ClN2O3S2/c1-2-27-20(26)18-15-5-3-4-6-16(15)29-19(18)24-21(28)23-17(25)12-9-13-7-10-14(22)11-8-13/h7-12H,2-6H2,1H3,(H2,23,24,25,28)/b12-9+. The molecule has 1 amide bonds. The molecule has 1 heterocycles. The molecule has 1 aliphatic carbocycles. The lowest BCUT2D eigenvalue weighted by Gasteiger charge is -2.12. The molecule has 0 saturated heterocycles. The van der Waals surface area contributed by atoms with E-state index >= 15 is 0 Å². The minimum atomic E-state index is -0.364. The third-order valence-corrected chi connectivity index (χ3v) is 6.08. The van der Waals surface area contributed by atoms with Gasteiger partial charge in [0.25, 0.3) is 0 Å². The number of fused-ring (bicyclic) bond motifs is 1. The van der Waals surface area contributed by atoms with Gasteiger partial charge < -0.3 is 10.1 Å². The van der Waals surface area contributed by atoms with E-state index in [1.54, 1.807) is 25.1 Å². The summed E-state index contributed by atoms with van der Waals surface area (Å²) >= 11 is 12.6. The summed E-state index contributed by atoms with van der Waals surface area (Å²) in [5.41, 5.74) is 2.43. The number of anilines is 1. The summed E-state index contributed by atoms with van der Waals surface area (Å²) in [6.07, 6.45) is 7.00. The first-order valence-corrected chi connectivity index (χ1v) is 11.0. The van der Waals surface area contributed by atoms with Crippen molar-refractivity contribution in [2.75, 3.05) is 11.9 Å². The molecule has 1 aliphatic rings. The van der Waals surface area contributed by atoms with Crippen LogP contribution in [0.15, 0.2) is 30.3 Å². The fourth-order valence-electron chi connectivity index (χ4n) is 3.11. The Morgan fingerprint density at radius 2 is 1.97 bits per heavy atom. The van der Waals surface area contributed by atoms with Gasteiger partial charge in [-0.05, 0) is 74.2 Å². The highest BCUT2D eigenvalue weighted by Gasteiger charge is 2.26. The molecule has 0 saturated carbocycles. The first-order valence-electron chi connectivity index (χ1n) is 9.35. The van der Waals surface area contributed by atoms with Crippen molar-refractivity contribution in [3.8, 4) is 0 Å². The van der Waals surface area contributed by atoms with Crippen LogP contribution in [0.5, 0.6) is 0 Å². The molecular weight excluding hydrogens is 428 g/mol. The molecule has 0 radical (unpaired) electrons. The van der Waals surface area contributed by atoms with Crippen molar-refractivity contribution in [3.63, 3.8) is 0 Å². The normalized spacial score (nSPS) is 13.0. The number of carbonyl (C=O) groups excluding carboxylic acids is 2. The van der Waals surface area contributed by atoms with E-state index in [2.05, 4.69) is 10.6 Å². The van der Waals surface area contributed by atoms with Gasteiger partial charge in [0.1, 0.15) is 5.00 Å². The van der Waals surface area contributed by atoms with E-state index in [4.69, 9.17) is 28.6 Å². The van der Waals surface area contributed by atoms with Crippen LogP contribution in [0.1, 0.15) is 46.1 Å². The minimum absolute atomic E-state index is 0.139. The fraction of sp³-hybridized carbons (Fsp3) is 0.286. The summed E-state index contributed by atoms with van der Waals surface area (Å²) in [6.45, 7) is 2.08. The Bertz CT molecular complexity index is 952. The zero-order chi connectivity index (χ0) is 20.8. The number of nitrogens with one attached hydrogen (secondary N) is 2. The Kier molecular flexibility index (Phi) is 7.41. The molecule has 2 N–H and O–H groups in total. The van der Waals surface area contributed by atoms with Crippen molar-refractivity contribution in [1.82, 2.24) is 5.32 Å². The highest BCUT2D eigenvalue weighted by atomic mass is 35.5.